The van der Waals surface area contributed by atoms with Gasteiger partial charge in [0.05, 0.1) is 17.2 Å². The Labute approximate surface area is 199 Å². The van der Waals surface area contributed by atoms with Crippen molar-refractivity contribution in [3.05, 3.63) is 94.5 Å². The Kier molecular flexibility index (Phi) is 6.78. The second kappa shape index (κ2) is 9.78. The van der Waals surface area contributed by atoms with Gasteiger partial charge in [-0.2, -0.15) is 18.4 Å². The second-order valence-electron chi connectivity index (χ2n) is 8.13. The first-order valence-electron chi connectivity index (χ1n) is 10.8. The van der Waals surface area contributed by atoms with Crippen molar-refractivity contribution in [2.24, 2.45) is 0 Å². The van der Waals surface area contributed by atoms with Crippen molar-refractivity contribution < 1.29 is 32.9 Å². The van der Waals surface area contributed by atoms with Crippen molar-refractivity contribution in [3.8, 4) is 17.2 Å². The number of amides is 1. The number of halogens is 3. The van der Waals surface area contributed by atoms with Crippen LogP contribution in [0, 0.1) is 11.3 Å². The van der Waals surface area contributed by atoms with Gasteiger partial charge in [-0.05, 0) is 39.9 Å². The van der Waals surface area contributed by atoms with Gasteiger partial charge in [-0.1, -0.05) is 54.6 Å². The predicted molar refractivity (Wildman–Crippen MR) is 120 cm³/mol. The number of carbonyl (C=O) groups excluding carboxylic acids is 1. The van der Waals surface area contributed by atoms with Crippen LogP contribution in [-0.4, -0.2) is 35.6 Å². The normalized spacial score (nSPS) is 14.4. The molecule has 3 aromatic carbocycles. The molecular formula is C26H21F3N2O4. The summed E-state index contributed by atoms with van der Waals surface area (Å²) in [4.78, 5) is 12.2. The van der Waals surface area contributed by atoms with Gasteiger partial charge in [0.15, 0.2) is 0 Å². The summed E-state index contributed by atoms with van der Waals surface area (Å²) < 4.78 is 44.8. The molecule has 1 aliphatic carbocycles. The van der Waals surface area contributed by atoms with Gasteiger partial charge < -0.3 is 20.3 Å². The number of fused-ring (bicyclic) bond motifs is 3. The first-order chi connectivity index (χ1) is 16.7. The number of nitriles is 1. The van der Waals surface area contributed by atoms with Crippen molar-refractivity contribution in [3.63, 3.8) is 0 Å². The number of nitrogens with zero attached hydrogens (tertiary/aromatic N) is 1. The van der Waals surface area contributed by atoms with Gasteiger partial charge in [0.2, 0.25) is 0 Å². The van der Waals surface area contributed by atoms with Gasteiger partial charge in [-0.15, -0.1) is 0 Å². The van der Waals surface area contributed by atoms with Crippen LogP contribution in [-0.2, 0) is 10.9 Å². The van der Waals surface area contributed by atoms with E-state index >= 15 is 0 Å². The molecule has 1 amide bonds. The van der Waals surface area contributed by atoms with E-state index in [-0.39, 0.29) is 18.1 Å². The predicted octanol–water partition coefficient (Wildman–Crippen LogP) is 4.51. The molecule has 0 fully saturated rings. The van der Waals surface area contributed by atoms with E-state index in [0.717, 1.165) is 34.4 Å². The number of aliphatic hydroxyl groups excluding tert-OH is 2. The summed E-state index contributed by atoms with van der Waals surface area (Å²) in [7, 11) is 0. The molecule has 0 saturated carbocycles. The Hall–Kier alpha value is -3.87. The molecule has 9 heteroatoms. The third kappa shape index (κ3) is 4.99. The molecule has 4 rings (SSSR count). The zero-order valence-electron chi connectivity index (χ0n) is 18.3. The second-order valence-corrected chi connectivity index (χ2v) is 8.13. The Balaban J connectivity index is 1.36. The highest BCUT2D eigenvalue weighted by molar-refractivity contribution is 5.79. The standard InChI is InChI=1S/C26H21F3N2O4/c27-26(28,29)22-11-15(9-10-16(22)12-30)24(33)23(32)13-31-25(34)35-14-21-19-7-3-1-5-17(19)18-6-2-4-8-20(18)21/h1-11,21,23-24,32-33H,13-14H2,(H,31,34). The molecule has 6 nitrogen and oxygen atoms in total. The summed E-state index contributed by atoms with van der Waals surface area (Å²) in [5.74, 6) is -0.164. The molecule has 3 aromatic rings. The molecule has 0 saturated heterocycles. The monoisotopic (exact) mass is 482 g/mol. The molecule has 2 unspecified atom stereocenters. The molecule has 180 valence electrons. The first-order valence-corrected chi connectivity index (χ1v) is 10.8. The average Bonchev–Trinajstić information content (AvgIpc) is 3.18. The quantitative estimate of drug-likeness (QED) is 0.480. The number of alkyl halides is 3. The van der Waals surface area contributed by atoms with E-state index in [2.05, 4.69) is 5.32 Å². The van der Waals surface area contributed by atoms with E-state index < -0.39 is 42.1 Å². The lowest BCUT2D eigenvalue weighted by molar-refractivity contribution is -0.137. The molecule has 0 bridgehead atoms. The highest BCUT2D eigenvalue weighted by Crippen LogP contribution is 2.44. The van der Waals surface area contributed by atoms with Crippen LogP contribution in [0.3, 0.4) is 0 Å². The van der Waals surface area contributed by atoms with Crippen molar-refractivity contribution >= 4 is 6.09 Å². The lowest BCUT2D eigenvalue weighted by Gasteiger charge is -2.20. The molecule has 1 aliphatic rings. The number of carbonyl (C=O) groups is 1. The zero-order valence-corrected chi connectivity index (χ0v) is 18.3. The lowest BCUT2D eigenvalue weighted by Crippen LogP contribution is -2.36. The third-order valence-corrected chi connectivity index (χ3v) is 5.97. The summed E-state index contributed by atoms with van der Waals surface area (Å²) in [5.41, 5.74) is 2.13. The average molecular weight is 482 g/mol. The number of hydrogen-bond acceptors (Lipinski definition) is 5. The van der Waals surface area contributed by atoms with E-state index in [1.54, 1.807) is 0 Å². The van der Waals surface area contributed by atoms with Gasteiger partial charge in [-0.3, -0.25) is 0 Å². The minimum Gasteiger partial charge on any atom is -0.449 e. The third-order valence-electron chi connectivity index (χ3n) is 5.97. The molecule has 35 heavy (non-hydrogen) atoms. The van der Waals surface area contributed by atoms with Crippen LogP contribution >= 0.6 is 0 Å². The van der Waals surface area contributed by atoms with Crippen LogP contribution in [0.15, 0.2) is 66.7 Å². The number of benzene rings is 3. The van der Waals surface area contributed by atoms with Crippen molar-refractivity contribution in [1.29, 1.82) is 5.26 Å². The highest BCUT2D eigenvalue weighted by Gasteiger charge is 2.35. The smallest absolute Gasteiger partial charge is 0.417 e. The van der Waals surface area contributed by atoms with E-state index in [9.17, 15) is 28.2 Å². The minimum absolute atomic E-state index is 0.0447. The molecule has 0 aliphatic heterocycles. The molecule has 0 radical (unpaired) electrons. The molecule has 3 N–H and O–H groups in total. The maximum absolute atomic E-state index is 13.2. The van der Waals surface area contributed by atoms with Gasteiger partial charge in [-0.25, -0.2) is 4.79 Å². The molecule has 2 atom stereocenters. The highest BCUT2D eigenvalue weighted by atomic mass is 19.4. The van der Waals surface area contributed by atoms with Gasteiger partial charge in [0, 0.05) is 12.5 Å². The first kappa shape index (κ1) is 24.3. The zero-order chi connectivity index (χ0) is 25.2. The van der Waals surface area contributed by atoms with Crippen molar-refractivity contribution in [2.75, 3.05) is 13.2 Å². The van der Waals surface area contributed by atoms with Crippen LogP contribution in [0.5, 0.6) is 0 Å². The molecule has 0 spiro atoms. The van der Waals surface area contributed by atoms with Crippen molar-refractivity contribution in [1.82, 2.24) is 5.32 Å². The Bertz CT molecular complexity index is 1240. The van der Waals surface area contributed by atoms with Crippen LogP contribution < -0.4 is 5.32 Å². The van der Waals surface area contributed by atoms with Gasteiger partial charge >= 0.3 is 12.3 Å². The molecular weight excluding hydrogens is 461 g/mol. The number of nitrogens with one attached hydrogen (secondary N) is 1. The van der Waals surface area contributed by atoms with Crippen LogP contribution in [0.25, 0.3) is 11.1 Å². The number of hydrogen-bond donors (Lipinski definition) is 3. The molecule has 0 heterocycles. The number of ether oxygens (including phenoxy) is 1. The number of alkyl carbamates (subject to hydrolysis) is 1. The van der Waals surface area contributed by atoms with Crippen LogP contribution in [0.2, 0.25) is 0 Å². The fourth-order valence-corrected chi connectivity index (χ4v) is 4.25. The summed E-state index contributed by atoms with van der Waals surface area (Å²) in [6.07, 6.45) is -8.97. The maximum atomic E-state index is 13.2. The van der Waals surface area contributed by atoms with E-state index in [4.69, 9.17) is 10.00 Å². The summed E-state index contributed by atoms with van der Waals surface area (Å²) in [5, 5.41) is 31.7. The lowest BCUT2D eigenvalue weighted by atomic mass is 9.98. The Morgan fingerprint density at radius 1 is 1.03 bits per heavy atom. The van der Waals surface area contributed by atoms with Crippen LogP contribution in [0.1, 0.15) is 39.8 Å². The largest absolute Gasteiger partial charge is 0.449 e. The number of aliphatic hydroxyl groups is 2. The molecule has 0 aromatic heterocycles. The minimum atomic E-state index is -4.80. The summed E-state index contributed by atoms with van der Waals surface area (Å²) >= 11 is 0. The number of rotatable bonds is 6. The Morgan fingerprint density at radius 3 is 2.20 bits per heavy atom. The summed E-state index contributed by atoms with van der Waals surface area (Å²) in [6, 6.07) is 19.7. The fraction of sp³-hybridized carbons (Fsp3) is 0.231. The Morgan fingerprint density at radius 2 is 1.63 bits per heavy atom. The van der Waals surface area contributed by atoms with E-state index in [1.165, 1.54) is 6.07 Å². The maximum Gasteiger partial charge on any atom is 0.417 e. The van der Waals surface area contributed by atoms with Gasteiger partial charge in [0.1, 0.15) is 18.8 Å². The van der Waals surface area contributed by atoms with Crippen LogP contribution in [0.4, 0.5) is 18.0 Å². The van der Waals surface area contributed by atoms with E-state index in [0.29, 0.717) is 6.07 Å². The fourth-order valence-electron chi connectivity index (χ4n) is 4.25. The van der Waals surface area contributed by atoms with Gasteiger partial charge in [0.25, 0.3) is 0 Å². The van der Waals surface area contributed by atoms with Crippen molar-refractivity contribution in [2.45, 2.75) is 24.3 Å². The topological polar surface area (TPSA) is 103 Å². The van der Waals surface area contributed by atoms with E-state index in [1.807, 2.05) is 48.5 Å². The summed E-state index contributed by atoms with van der Waals surface area (Å²) in [6.45, 7) is -0.414. The SMILES string of the molecule is N#Cc1ccc(C(O)C(O)CNC(=O)OCC2c3ccccc3-c3ccccc32)cc1C(F)(F)F.